The zero-order valence-electron chi connectivity index (χ0n) is 10.6. The van der Waals surface area contributed by atoms with Gasteiger partial charge in [0.05, 0.1) is 12.1 Å². The largest absolute Gasteiger partial charge is 0.481 e. The van der Waals surface area contributed by atoms with Crippen LogP contribution in [0.4, 0.5) is 4.39 Å². The van der Waals surface area contributed by atoms with Crippen molar-refractivity contribution in [2.75, 3.05) is 0 Å². The lowest BCUT2D eigenvalue weighted by atomic mass is 9.93. The fraction of sp³-hybridized carbons (Fsp3) is 0.200. The van der Waals surface area contributed by atoms with Gasteiger partial charge in [-0.1, -0.05) is 28.1 Å². The van der Waals surface area contributed by atoms with Crippen LogP contribution in [0.3, 0.4) is 0 Å². The fourth-order valence-corrected chi connectivity index (χ4v) is 2.49. The highest BCUT2D eigenvalue weighted by atomic mass is 79.9. The lowest BCUT2D eigenvalue weighted by molar-refractivity contribution is -0.141. The minimum absolute atomic E-state index is 0.257. The van der Waals surface area contributed by atoms with Gasteiger partial charge in [0.2, 0.25) is 0 Å². The molecule has 1 atom stereocenters. The molecule has 0 saturated carbocycles. The molecular formula is C15H13BrFNO2. The summed E-state index contributed by atoms with van der Waals surface area (Å²) < 4.78 is 14.0. The lowest BCUT2D eigenvalue weighted by Crippen LogP contribution is -2.19. The van der Waals surface area contributed by atoms with Gasteiger partial charge >= 0.3 is 5.97 Å². The third-order valence-corrected chi connectivity index (χ3v) is 3.46. The summed E-state index contributed by atoms with van der Waals surface area (Å²) in [6.07, 6.45) is 3.26. The Hall–Kier alpha value is -1.75. The molecule has 0 spiro atoms. The van der Waals surface area contributed by atoms with Crippen LogP contribution in [-0.4, -0.2) is 16.1 Å². The maximum Gasteiger partial charge on any atom is 0.307 e. The van der Waals surface area contributed by atoms with E-state index in [-0.39, 0.29) is 6.42 Å². The number of carbonyl (C=O) groups is 1. The van der Waals surface area contributed by atoms with Gasteiger partial charge in [-0.25, -0.2) is 4.39 Å². The van der Waals surface area contributed by atoms with Crippen LogP contribution < -0.4 is 0 Å². The van der Waals surface area contributed by atoms with Crippen molar-refractivity contribution in [2.24, 2.45) is 5.92 Å². The molecule has 1 heterocycles. The van der Waals surface area contributed by atoms with Crippen molar-refractivity contribution in [3.8, 4) is 0 Å². The fourth-order valence-electron chi connectivity index (χ4n) is 2.05. The maximum absolute atomic E-state index is 13.1. The molecule has 0 bridgehead atoms. The predicted molar refractivity (Wildman–Crippen MR) is 76.9 cm³/mol. The summed E-state index contributed by atoms with van der Waals surface area (Å²) in [6, 6.07) is 8.84. The Bertz CT molecular complexity index is 571. The van der Waals surface area contributed by atoms with E-state index in [1.807, 2.05) is 24.3 Å². The number of aromatic nitrogens is 1. The first kappa shape index (κ1) is 14.7. The van der Waals surface area contributed by atoms with Crippen LogP contribution in [-0.2, 0) is 17.6 Å². The van der Waals surface area contributed by atoms with Gasteiger partial charge in [0.15, 0.2) is 0 Å². The summed E-state index contributed by atoms with van der Waals surface area (Å²) in [7, 11) is 0. The van der Waals surface area contributed by atoms with Gasteiger partial charge < -0.3 is 5.11 Å². The monoisotopic (exact) mass is 337 g/mol. The van der Waals surface area contributed by atoms with Crippen molar-refractivity contribution in [1.82, 2.24) is 4.98 Å². The Morgan fingerprint density at radius 2 is 2.00 bits per heavy atom. The number of carboxylic acid groups (broad SMARTS) is 1. The van der Waals surface area contributed by atoms with Crippen LogP contribution >= 0.6 is 15.9 Å². The molecule has 0 aliphatic heterocycles. The summed E-state index contributed by atoms with van der Waals surface area (Å²) in [4.78, 5) is 15.1. The topological polar surface area (TPSA) is 50.2 Å². The van der Waals surface area contributed by atoms with E-state index >= 15 is 0 Å². The molecule has 1 aromatic heterocycles. The Morgan fingerprint density at radius 3 is 2.65 bits per heavy atom. The first-order chi connectivity index (χ1) is 9.54. The highest BCUT2D eigenvalue weighted by molar-refractivity contribution is 9.10. The number of aliphatic carboxylic acids is 1. The summed E-state index contributed by atoms with van der Waals surface area (Å²) in [5.41, 5.74) is 1.52. The molecule has 1 N–H and O–H groups in total. The maximum atomic E-state index is 13.1. The molecule has 1 aromatic carbocycles. The number of halogens is 2. The highest BCUT2D eigenvalue weighted by Crippen LogP contribution is 2.18. The molecule has 0 aliphatic rings. The van der Waals surface area contributed by atoms with Crippen molar-refractivity contribution in [3.05, 3.63) is 64.1 Å². The molecule has 0 aliphatic carbocycles. The number of hydrogen-bond donors (Lipinski definition) is 1. The number of hydrogen-bond acceptors (Lipinski definition) is 2. The summed E-state index contributed by atoms with van der Waals surface area (Å²) >= 11 is 3.36. The molecule has 0 fully saturated rings. The molecule has 3 nitrogen and oxygen atoms in total. The standard InChI is InChI=1S/C15H13BrFNO2/c16-13-3-1-2-10(6-13)4-12(15(19)20)5-11-7-14(17)9-18-8-11/h1-3,6-9,12H,4-5H2,(H,19,20). The summed E-state index contributed by atoms with van der Waals surface area (Å²) in [6.45, 7) is 0. The Kier molecular flexibility index (Phi) is 4.84. The third kappa shape index (κ3) is 4.13. The van der Waals surface area contributed by atoms with Crippen molar-refractivity contribution < 1.29 is 14.3 Å². The van der Waals surface area contributed by atoms with E-state index in [9.17, 15) is 14.3 Å². The average Bonchev–Trinajstić information content (AvgIpc) is 2.38. The zero-order valence-corrected chi connectivity index (χ0v) is 12.2. The highest BCUT2D eigenvalue weighted by Gasteiger charge is 2.19. The van der Waals surface area contributed by atoms with E-state index in [2.05, 4.69) is 20.9 Å². The minimum atomic E-state index is -0.894. The lowest BCUT2D eigenvalue weighted by Gasteiger charge is -2.12. The van der Waals surface area contributed by atoms with Gasteiger partial charge in [-0.2, -0.15) is 0 Å². The van der Waals surface area contributed by atoms with Gasteiger partial charge in [0.1, 0.15) is 5.82 Å². The number of carboxylic acids is 1. The summed E-state index contributed by atoms with van der Waals surface area (Å²) in [5, 5.41) is 9.31. The summed E-state index contributed by atoms with van der Waals surface area (Å²) in [5.74, 6) is -1.95. The Balaban J connectivity index is 2.13. The van der Waals surface area contributed by atoms with Crippen LogP contribution in [0.15, 0.2) is 47.2 Å². The van der Waals surface area contributed by atoms with Gasteiger partial charge in [-0.3, -0.25) is 9.78 Å². The number of rotatable bonds is 5. The van der Waals surface area contributed by atoms with E-state index in [4.69, 9.17) is 0 Å². The quantitative estimate of drug-likeness (QED) is 0.908. The second kappa shape index (κ2) is 6.61. The van der Waals surface area contributed by atoms with E-state index in [1.165, 1.54) is 12.3 Å². The smallest absolute Gasteiger partial charge is 0.307 e. The Morgan fingerprint density at radius 1 is 1.25 bits per heavy atom. The number of benzene rings is 1. The van der Waals surface area contributed by atoms with Gasteiger partial charge in [0.25, 0.3) is 0 Å². The Labute approximate surface area is 124 Å². The van der Waals surface area contributed by atoms with E-state index < -0.39 is 17.7 Å². The normalized spacial score (nSPS) is 12.1. The molecule has 5 heteroatoms. The van der Waals surface area contributed by atoms with Crippen LogP contribution in [0.25, 0.3) is 0 Å². The van der Waals surface area contributed by atoms with Crippen molar-refractivity contribution in [1.29, 1.82) is 0 Å². The van der Waals surface area contributed by atoms with Crippen molar-refractivity contribution >= 4 is 21.9 Å². The molecular weight excluding hydrogens is 325 g/mol. The van der Waals surface area contributed by atoms with Crippen molar-refractivity contribution in [2.45, 2.75) is 12.8 Å². The predicted octanol–water partition coefficient (Wildman–Crippen LogP) is 3.47. The first-order valence-corrected chi connectivity index (χ1v) is 6.90. The second-order valence-corrected chi connectivity index (χ2v) is 5.50. The molecule has 20 heavy (non-hydrogen) atoms. The molecule has 2 rings (SSSR count). The zero-order chi connectivity index (χ0) is 14.5. The van der Waals surface area contributed by atoms with Gasteiger partial charge in [-0.15, -0.1) is 0 Å². The molecule has 0 radical (unpaired) electrons. The molecule has 104 valence electrons. The van der Waals surface area contributed by atoms with Crippen LogP contribution in [0.2, 0.25) is 0 Å². The van der Waals surface area contributed by atoms with Crippen molar-refractivity contribution in [3.63, 3.8) is 0 Å². The van der Waals surface area contributed by atoms with E-state index in [0.717, 1.165) is 16.2 Å². The third-order valence-electron chi connectivity index (χ3n) is 2.96. The van der Waals surface area contributed by atoms with Gasteiger partial charge in [-0.05, 0) is 42.2 Å². The van der Waals surface area contributed by atoms with Crippen LogP contribution in [0, 0.1) is 11.7 Å². The van der Waals surface area contributed by atoms with Crippen LogP contribution in [0.1, 0.15) is 11.1 Å². The number of pyridine rings is 1. The van der Waals surface area contributed by atoms with E-state index in [1.54, 1.807) is 0 Å². The molecule has 2 aromatic rings. The van der Waals surface area contributed by atoms with Crippen LogP contribution in [0.5, 0.6) is 0 Å². The minimum Gasteiger partial charge on any atom is -0.481 e. The number of nitrogens with zero attached hydrogens (tertiary/aromatic N) is 1. The molecule has 0 saturated heterocycles. The SMILES string of the molecule is O=C(O)C(Cc1cncc(F)c1)Cc1cccc(Br)c1. The average molecular weight is 338 g/mol. The molecule has 0 amide bonds. The van der Waals surface area contributed by atoms with E-state index in [0.29, 0.717) is 12.0 Å². The second-order valence-electron chi connectivity index (χ2n) is 4.58. The first-order valence-electron chi connectivity index (χ1n) is 6.11. The van der Waals surface area contributed by atoms with Gasteiger partial charge in [0, 0.05) is 10.7 Å². The molecule has 1 unspecified atom stereocenters.